The molecule has 2 aromatic heterocycles. The second kappa shape index (κ2) is 15.2. The zero-order valence-corrected chi connectivity index (χ0v) is 31.2. The summed E-state index contributed by atoms with van der Waals surface area (Å²) in [4.78, 5) is 19.7. The number of aromatic nitrogens is 2. The lowest BCUT2D eigenvalue weighted by atomic mass is 9.87. The number of ether oxygens (including phenoxy) is 4. The third-order valence-corrected chi connectivity index (χ3v) is 10.9. The Balaban J connectivity index is 1.21. The Labute approximate surface area is 309 Å². The minimum atomic E-state index is -0.797. The lowest BCUT2D eigenvalue weighted by Crippen LogP contribution is -2.30. The van der Waals surface area contributed by atoms with Crippen LogP contribution in [0.4, 0.5) is 0 Å². The highest BCUT2D eigenvalue weighted by atomic mass is 32.2. The second-order valence-electron chi connectivity index (χ2n) is 14.0. The van der Waals surface area contributed by atoms with Crippen LogP contribution in [-0.4, -0.2) is 35.0 Å². The van der Waals surface area contributed by atoms with Gasteiger partial charge in [-0.25, -0.2) is 0 Å². The van der Waals surface area contributed by atoms with E-state index < -0.39 is 5.41 Å². The molecule has 6 aromatic rings. The molecule has 52 heavy (non-hydrogen) atoms. The molecule has 7 nitrogen and oxygen atoms in total. The molecule has 266 valence electrons. The van der Waals surface area contributed by atoms with Gasteiger partial charge < -0.3 is 23.5 Å². The summed E-state index contributed by atoms with van der Waals surface area (Å²) in [6.45, 7) is 7.39. The second-order valence-corrected chi connectivity index (χ2v) is 15.4. The molecule has 1 unspecified atom stereocenters. The smallest absolute Gasteiger partial charge is 0.312 e. The molecule has 0 fully saturated rings. The van der Waals surface area contributed by atoms with E-state index in [0.717, 1.165) is 62.8 Å². The molecule has 0 N–H and O–H groups in total. The van der Waals surface area contributed by atoms with Crippen molar-refractivity contribution in [2.75, 3.05) is 14.2 Å². The highest BCUT2D eigenvalue weighted by molar-refractivity contribution is 8.00. The number of hydrogen-bond donors (Lipinski definition) is 0. The molecule has 0 radical (unpaired) electrons. The van der Waals surface area contributed by atoms with Crippen molar-refractivity contribution in [3.63, 3.8) is 0 Å². The molecule has 7 rings (SSSR count). The lowest BCUT2D eigenvalue weighted by Gasteiger charge is -2.26. The third kappa shape index (κ3) is 7.53. The van der Waals surface area contributed by atoms with Gasteiger partial charge in [-0.3, -0.25) is 9.78 Å². The molecule has 1 aliphatic heterocycles. The van der Waals surface area contributed by atoms with Crippen molar-refractivity contribution in [1.29, 1.82) is 0 Å². The van der Waals surface area contributed by atoms with Gasteiger partial charge in [-0.05, 0) is 79.4 Å². The fourth-order valence-corrected chi connectivity index (χ4v) is 8.19. The van der Waals surface area contributed by atoms with Crippen LogP contribution in [0, 0.1) is 5.41 Å². The number of methoxy groups -OCH3 is 2. The fraction of sp³-hybridized carbons (Fsp3) is 0.273. The molecule has 0 spiro atoms. The minimum absolute atomic E-state index is 0.180. The van der Waals surface area contributed by atoms with Gasteiger partial charge in [0.2, 0.25) is 0 Å². The van der Waals surface area contributed by atoms with Crippen molar-refractivity contribution >= 4 is 28.6 Å². The number of carbonyl (C=O) groups excluding carboxylic acids is 1. The van der Waals surface area contributed by atoms with E-state index in [-0.39, 0.29) is 12.6 Å². The standard InChI is InChI=1S/C44H44N2O5S/c1-29-21-37-40(50-28-34-18-17-33(25-45-34)32-13-7-6-8-14-32)20-19-38-41(37)42(52-29)39(46(38)26-30-11-9-15-35(22-30)48-4)24-44(2,3)43(47)51-27-31-12-10-16-36(23-31)49-5/h6-20,22-23,25,29H,21,24,26-28H2,1-5H3. The number of thioether (sulfide) groups is 1. The average Bonchev–Trinajstić information content (AvgIpc) is 3.45. The summed E-state index contributed by atoms with van der Waals surface area (Å²) in [5, 5.41) is 1.52. The number of rotatable bonds is 13. The summed E-state index contributed by atoms with van der Waals surface area (Å²) < 4.78 is 25.8. The van der Waals surface area contributed by atoms with E-state index in [2.05, 4.69) is 54.0 Å². The molecule has 0 aliphatic carbocycles. The van der Waals surface area contributed by atoms with E-state index in [1.165, 1.54) is 15.8 Å². The zero-order valence-electron chi connectivity index (χ0n) is 30.3. The molecule has 8 heteroatoms. The van der Waals surface area contributed by atoms with Crippen LogP contribution in [0.1, 0.15) is 48.8 Å². The van der Waals surface area contributed by atoms with Gasteiger partial charge in [-0.15, -0.1) is 11.8 Å². The van der Waals surface area contributed by atoms with Gasteiger partial charge in [0, 0.05) is 51.5 Å². The van der Waals surface area contributed by atoms with E-state index in [0.29, 0.717) is 24.8 Å². The SMILES string of the molecule is COc1cccc(COC(=O)C(C)(C)Cc2c3c4c(c(OCc5ccc(-c6ccccc6)cn5)ccc4n2Cc2cccc(OC)c2)CC(C)S3)c1. The number of nitrogens with zero attached hydrogens (tertiary/aromatic N) is 2. The summed E-state index contributed by atoms with van der Waals surface area (Å²) >= 11 is 1.88. The normalized spacial score (nSPS) is 13.9. The van der Waals surface area contributed by atoms with Crippen LogP contribution in [0.5, 0.6) is 17.2 Å². The lowest BCUT2D eigenvalue weighted by molar-refractivity contribution is -0.155. The van der Waals surface area contributed by atoms with Crippen molar-refractivity contribution in [3.05, 3.63) is 137 Å². The zero-order chi connectivity index (χ0) is 36.2. The molecule has 0 bridgehead atoms. The van der Waals surface area contributed by atoms with E-state index in [4.69, 9.17) is 23.9 Å². The molecule has 1 atom stereocenters. The van der Waals surface area contributed by atoms with Crippen LogP contribution in [0.3, 0.4) is 0 Å². The molecule has 3 heterocycles. The molecule has 1 aliphatic rings. The van der Waals surface area contributed by atoms with E-state index >= 15 is 0 Å². The van der Waals surface area contributed by atoms with Gasteiger partial charge in [-0.1, -0.05) is 67.6 Å². The van der Waals surface area contributed by atoms with E-state index in [1.54, 1.807) is 14.2 Å². The molecule has 0 saturated heterocycles. The Hall–Kier alpha value is -5.21. The molecule has 0 saturated carbocycles. The maximum Gasteiger partial charge on any atom is 0.312 e. The van der Waals surface area contributed by atoms with Crippen LogP contribution < -0.4 is 14.2 Å². The van der Waals surface area contributed by atoms with Gasteiger partial charge in [0.05, 0.1) is 30.8 Å². The van der Waals surface area contributed by atoms with Crippen molar-refractivity contribution in [1.82, 2.24) is 9.55 Å². The molecule has 0 amide bonds. The predicted molar refractivity (Wildman–Crippen MR) is 207 cm³/mol. The van der Waals surface area contributed by atoms with Gasteiger partial charge >= 0.3 is 5.97 Å². The van der Waals surface area contributed by atoms with Crippen LogP contribution >= 0.6 is 11.8 Å². The van der Waals surface area contributed by atoms with Gasteiger partial charge in [0.15, 0.2) is 0 Å². The number of esters is 1. The summed E-state index contributed by atoms with van der Waals surface area (Å²) in [6.07, 6.45) is 3.29. The minimum Gasteiger partial charge on any atom is -0.497 e. The van der Waals surface area contributed by atoms with Gasteiger partial charge in [0.25, 0.3) is 0 Å². The first-order valence-electron chi connectivity index (χ1n) is 17.6. The number of hydrogen-bond acceptors (Lipinski definition) is 7. The van der Waals surface area contributed by atoms with Crippen LogP contribution in [-0.2, 0) is 42.1 Å². The topological polar surface area (TPSA) is 71.8 Å². The highest BCUT2D eigenvalue weighted by Gasteiger charge is 2.36. The maximum atomic E-state index is 13.8. The molecular weight excluding hydrogens is 669 g/mol. The summed E-state index contributed by atoms with van der Waals surface area (Å²) in [5.41, 5.74) is 7.73. The third-order valence-electron chi connectivity index (χ3n) is 9.61. The molecule has 4 aromatic carbocycles. The number of pyridine rings is 1. The number of carbonyl (C=O) groups is 1. The summed E-state index contributed by atoms with van der Waals surface area (Å²) in [7, 11) is 3.32. The van der Waals surface area contributed by atoms with Crippen molar-refractivity contribution in [2.24, 2.45) is 5.41 Å². The first kappa shape index (κ1) is 35.2. The van der Waals surface area contributed by atoms with Crippen molar-refractivity contribution in [2.45, 2.75) is 63.5 Å². The van der Waals surface area contributed by atoms with E-state index in [9.17, 15) is 4.79 Å². The van der Waals surface area contributed by atoms with E-state index in [1.807, 2.05) is 92.5 Å². The largest absolute Gasteiger partial charge is 0.497 e. The summed E-state index contributed by atoms with van der Waals surface area (Å²) in [6, 6.07) is 34.5. The van der Waals surface area contributed by atoms with Gasteiger partial charge in [-0.2, -0.15) is 0 Å². The monoisotopic (exact) mass is 712 g/mol. The Kier molecular flexibility index (Phi) is 10.3. The van der Waals surface area contributed by atoms with Crippen LogP contribution in [0.2, 0.25) is 0 Å². The summed E-state index contributed by atoms with van der Waals surface area (Å²) in [5.74, 6) is 2.17. The Bertz CT molecular complexity index is 2190. The molecular formula is C44H44N2O5S. The number of benzene rings is 4. The Morgan fingerprint density at radius 1 is 0.846 bits per heavy atom. The quantitative estimate of drug-likeness (QED) is 0.110. The first-order valence-corrected chi connectivity index (χ1v) is 18.5. The maximum absolute atomic E-state index is 13.8. The average molecular weight is 713 g/mol. The fourth-order valence-electron chi connectivity index (χ4n) is 6.87. The van der Waals surface area contributed by atoms with Crippen LogP contribution in [0.25, 0.3) is 22.0 Å². The van der Waals surface area contributed by atoms with Crippen molar-refractivity contribution in [3.8, 4) is 28.4 Å². The Morgan fingerprint density at radius 2 is 1.58 bits per heavy atom. The Morgan fingerprint density at radius 3 is 2.29 bits per heavy atom. The first-order chi connectivity index (χ1) is 25.2. The van der Waals surface area contributed by atoms with Crippen molar-refractivity contribution < 1.29 is 23.7 Å². The predicted octanol–water partition coefficient (Wildman–Crippen LogP) is 9.70. The van der Waals surface area contributed by atoms with Gasteiger partial charge in [0.1, 0.15) is 30.5 Å². The highest BCUT2D eigenvalue weighted by Crippen LogP contribution is 2.48. The van der Waals surface area contributed by atoms with Crippen LogP contribution in [0.15, 0.2) is 114 Å².